The van der Waals surface area contributed by atoms with Crippen molar-refractivity contribution < 1.29 is 9.84 Å². The first kappa shape index (κ1) is 15.4. The number of phenolic OH excluding ortho intramolecular Hbond substituents is 1. The highest BCUT2D eigenvalue weighted by atomic mass is 16.5. The minimum absolute atomic E-state index is 0.0619. The van der Waals surface area contributed by atoms with Crippen LogP contribution in [0.2, 0.25) is 0 Å². The van der Waals surface area contributed by atoms with E-state index >= 15 is 0 Å². The molecule has 0 aromatic heterocycles. The molecular formula is C18H23NO2. The first-order valence-electron chi connectivity index (χ1n) is 7.20. The lowest BCUT2D eigenvalue weighted by atomic mass is 10.0. The van der Waals surface area contributed by atoms with Crippen molar-refractivity contribution >= 4 is 0 Å². The van der Waals surface area contributed by atoms with Gasteiger partial charge < -0.3 is 15.2 Å². The van der Waals surface area contributed by atoms with Crippen molar-refractivity contribution in [3.05, 3.63) is 59.2 Å². The summed E-state index contributed by atoms with van der Waals surface area (Å²) in [7, 11) is 1.67. The van der Waals surface area contributed by atoms with Crippen molar-refractivity contribution in [2.45, 2.75) is 32.9 Å². The first-order valence-corrected chi connectivity index (χ1v) is 7.20. The number of methoxy groups -OCH3 is 1. The second-order valence-corrected chi connectivity index (χ2v) is 5.45. The van der Waals surface area contributed by atoms with Gasteiger partial charge in [-0.15, -0.1) is 0 Å². The Kier molecular flexibility index (Phi) is 4.86. The van der Waals surface area contributed by atoms with Gasteiger partial charge in [-0.3, -0.25) is 0 Å². The molecule has 0 bridgehead atoms. The topological polar surface area (TPSA) is 41.5 Å². The molecule has 0 heterocycles. The Bertz CT molecular complexity index is 610. The largest absolute Gasteiger partial charge is 0.508 e. The summed E-state index contributed by atoms with van der Waals surface area (Å²) in [5, 5.41) is 13.6. The summed E-state index contributed by atoms with van der Waals surface area (Å²) in [5.74, 6) is 1.19. The zero-order valence-corrected chi connectivity index (χ0v) is 13.1. The SMILES string of the molecule is COc1cccc([C@H](C)NC(C)c2ccc(C)cc2O)c1. The Morgan fingerprint density at radius 3 is 2.48 bits per heavy atom. The molecule has 2 N–H and O–H groups in total. The van der Waals surface area contributed by atoms with Crippen LogP contribution < -0.4 is 10.1 Å². The van der Waals surface area contributed by atoms with Crippen molar-refractivity contribution in [3.8, 4) is 11.5 Å². The maximum Gasteiger partial charge on any atom is 0.120 e. The van der Waals surface area contributed by atoms with E-state index in [0.29, 0.717) is 5.75 Å². The Balaban J connectivity index is 2.12. The Morgan fingerprint density at radius 2 is 1.81 bits per heavy atom. The van der Waals surface area contributed by atoms with Crippen LogP contribution in [0, 0.1) is 6.92 Å². The van der Waals surface area contributed by atoms with Gasteiger partial charge >= 0.3 is 0 Å². The molecule has 2 rings (SSSR count). The third-order valence-electron chi connectivity index (χ3n) is 3.75. The Morgan fingerprint density at radius 1 is 1.05 bits per heavy atom. The molecule has 3 nitrogen and oxygen atoms in total. The van der Waals surface area contributed by atoms with Crippen molar-refractivity contribution in [1.29, 1.82) is 0 Å². The van der Waals surface area contributed by atoms with E-state index in [-0.39, 0.29) is 12.1 Å². The monoisotopic (exact) mass is 285 g/mol. The standard InChI is InChI=1S/C18H23NO2/c1-12-8-9-17(18(20)10-12)14(3)19-13(2)15-6-5-7-16(11-15)21-4/h5-11,13-14,19-20H,1-4H3/t13-,14?/m0/s1. The zero-order valence-electron chi connectivity index (χ0n) is 13.1. The molecule has 0 amide bonds. The highest BCUT2D eigenvalue weighted by molar-refractivity contribution is 5.38. The van der Waals surface area contributed by atoms with Crippen LogP contribution in [0.15, 0.2) is 42.5 Å². The fraction of sp³-hybridized carbons (Fsp3) is 0.333. The molecule has 0 radical (unpaired) electrons. The highest BCUT2D eigenvalue weighted by Crippen LogP contribution is 2.28. The lowest BCUT2D eigenvalue weighted by molar-refractivity contribution is 0.411. The Labute approximate surface area is 126 Å². The van der Waals surface area contributed by atoms with E-state index in [2.05, 4.69) is 25.2 Å². The van der Waals surface area contributed by atoms with Crippen molar-refractivity contribution in [1.82, 2.24) is 5.32 Å². The molecule has 3 heteroatoms. The van der Waals surface area contributed by atoms with E-state index in [1.54, 1.807) is 13.2 Å². The molecule has 2 aromatic rings. The van der Waals surface area contributed by atoms with E-state index in [0.717, 1.165) is 22.4 Å². The third-order valence-corrected chi connectivity index (χ3v) is 3.75. The maximum absolute atomic E-state index is 10.1. The van der Waals surface area contributed by atoms with Crippen LogP contribution in [0.4, 0.5) is 0 Å². The lowest BCUT2D eigenvalue weighted by Crippen LogP contribution is -2.22. The number of aryl methyl sites for hydroxylation is 1. The van der Waals surface area contributed by atoms with E-state index in [1.807, 2.05) is 37.3 Å². The van der Waals surface area contributed by atoms with Gasteiger partial charge in [-0.2, -0.15) is 0 Å². The quantitative estimate of drug-likeness (QED) is 0.868. The van der Waals surface area contributed by atoms with Crippen LogP contribution in [0.5, 0.6) is 11.5 Å². The molecule has 0 fully saturated rings. The van der Waals surface area contributed by atoms with Crippen LogP contribution >= 0.6 is 0 Å². The number of hydrogen-bond donors (Lipinski definition) is 2. The summed E-state index contributed by atoms with van der Waals surface area (Å²) < 4.78 is 5.26. The fourth-order valence-electron chi connectivity index (χ4n) is 2.49. The number of phenols is 1. The molecular weight excluding hydrogens is 262 g/mol. The summed E-state index contributed by atoms with van der Waals surface area (Å²) >= 11 is 0. The van der Waals surface area contributed by atoms with E-state index in [9.17, 15) is 5.11 Å². The second-order valence-electron chi connectivity index (χ2n) is 5.45. The minimum Gasteiger partial charge on any atom is -0.508 e. The van der Waals surface area contributed by atoms with E-state index in [4.69, 9.17) is 4.74 Å². The molecule has 0 aliphatic rings. The molecule has 0 aliphatic heterocycles. The molecule has 0 saturated heterocycles. The van der Waals surface area contributed by atoms with Crippen LogP contribution in [0.25, 0.3) is 0 Å². The molecule has 0 saturated carbocycles. The van der Waals surface area contributed by atoms with Gasteiger partial charge in [0.1, 0.15) is 11.5 Å². The van der Waals surface area contributed by atoms with E-state index in [1.165, 1.54) is 0 Å². The molecule has 0 aliphatic carbocycles. The van der Waals surface area contributed by atoms with Crippen molar-refractivity contribution in [3.63, 3.8) is 0 Å². The predicted molar refractivity (Wildman–Crippen MR) is 85.8 cm³/mol. The third kappa shape index (κ3) is 3.76. The predicted octanol–water partition coefficient (Wildman–Crippen LogP) is 4.12. The fourth-order valence-corrected chi connectivity index (χ4v) is 2.49. The first-order chi connectivity index (χ1) is 10.0. The number of hydrogen-bond acceptors (Lipinski definition) is 3. The number of ether oxygens (including phenoxy) is 1. The summed E-state index contributed by atoms with van der Waals surface area (Å²) in [6.07, 6.45) is 0. The normalized spacial score (nSPS) is 13.7. The van der Waals surface area contributed by atoms with Gasteiger partial charge in [-0.1, -0.05) is 24.3 Å². The van der Waals surface area contributed by atoms with E-state index < -0.39 is 0 Å². The summed E-state index contributed by atoms with van der Waals surface area (Å²) in [4.78, 5) is 0. The van der Waals surface area contributed by atoms with Crippen molar-refractivity contribution in [2.75, 3.05) is 7.11 Å². The van der Waals surface area contributed by atoms with Gasteiger partial charge in [0.25, 0.3) is 0 Å². The van der Waals surface area contributed by atoms with Gasteiger partial charge in [-0.05, 0) is 50.1 Å². The molecule has 2 aromatic carbocycles. The summed E-state index contributed by atoms with van der Waals surface area (Å²) in [5.41, 5.74) is 3.13. The summed E-state index contributed by atoms with van der Waals surface area (Å²) in [6.45, 7) is 6.14. The number of nitrogens with one attached hydrogen (secondary N) is 1. The molecule has 21 heavy (non-hydrogen) atoms. The van der Waals surface area contributed by atoms with Crippen LogP contribution in [0.1, 0.15) is 42.6 Å². The van der Waals surface area contributed by atoms with Crippen LogP contribution in [0.3, 0.4) is 0 Å². The van der Waals surface area contributed by atoms with Crippen LogP contribution in [-0.2, 0) is 0 Å². The highest BCUT2D eigenvalue weighted by Gasteiger charge is 2.14. The lowest BCUT2D eigenvalue weighted by Gasteiger charge is -2.22. The van der Waals surface area contributed by atoms with Gasteiger partial charge in [0.2, 0.25) is 0 Å². The number of benzene rings is 2. The minimum atomic E-state index is 0.0619. The Hall–Kier alpha value is -2.00. The molecule has 112 valence electrons. The van der Waals surface area contributed by atoms with Gasteiger partial charge in [0.05, 0.1) is 7.11 Å². The molecule has 1 unspecified atom stereocenters. The average Bonchev–Trinajstić information content (AvgIpc) is 2.47. The smallest absolute Gasteiger partial charge is 0.120 e. The van der Waals surface area contributed by atoms with Gasteiger partial charge in [-0.25, -0.2) is 0 Å². The van der Waals surface area contributed by atoms with Crippen molar-refractivity contribution in [2.24, 2.45) is 0 Å². The van der Waals surface area contributed by atoms with Gasteiger partial charge in [0, 0.05) is 17.6 Å². The zero-order chi connectivity index (χ0) is 15.4. The van der Waals surface area contributed by atoms with Crippen LogP contribution in [-0.4, -0.2) is 12.2 Å². The van der Waals surface area contributed by atoms with Gasteiger partial charge in [0.15, 0.2) is 0 Å². The molecule has 0 spiro atoms. The maximum atomic E-state index is 10.1. The number of rotatable bonds is 5. The number of aromatic hydroxyl groups is 1. The second kappa shape index (κ2) is 6.64. The average molecular weight is 285 g/mol. The molecule has 2 atom stereocenters. The summed E-state index contributed by atoms with van der Waals surface area (Å²) in [6, 6.07) is 14.0.